The number of anilines is 2. The largest absolute Gasteiger partial charge is 0.454 e. The number of para-hydroxylation sites is 2. The van der Waals surface area contributed by atoms with Crippen LogP contribution in [0.5, 0.6) is 0 Å². The Morgan fingerprint density at radius 3 is 2.53 bits per heavy atom. The zero-order valence-electron chi connectivity index (χ0n) is 16.8. The Bertz CT molecular complexity index is 960. The molecule has 8 nitrogen and oxygen atoms in total. The van der Waals surface area contributed by atoms with E-state index in [1.54, 1.807) is 61.5 Å². The van der Waals surface area contributed by atoms with Crippen LogP contribution in [0.25, 0.3) is 0 Å². The molecule has 1 aliphatic rings. The quantitative estimate of drug-likeness (QED) is 0.736. The molecule has 3 rings (SSSR count). The van der Waals surface area contributed by atoms with E-state index in [1.165, 1.54) is 11.8 Å². The number of fused-ring (bicyclic) bond motifs is 1. The van der Waals surface area contributed by atoms with E-state index in [2.05, 4.69) is 10.6 Å². The maximum Gasteiger partial charge on any atom is 0.328 e. The van der Waals surface area contributed by atoms with Crippen molar-refractivity contribution in [3.05, 3.63) is 60.2 Å². The van der Waals surface area contributed by atoms with Gasteiger partial charge in [0.25, 0.3) is 11.8 Å². The van der Waals surface area contributed by atoms with Crippen molar-refractivity contribution in [1.82, 2.24) is 5.32 Å². The van der Waals surface area contributed by atoms with Gasteiger partial charge in [0.05, 0.1) is 11.4 Å². The minimum absolute atomic E-state index is 0.123. The van der Waals surface area contributed by atoms with Crippen LogP contribution < -0.4 is 15.5 Å². The minimum Gasteiger partial charge on any atom is -0.454 e. The van der Waals surface area contributed by atoms with Crippen molar-refractivity contribution < 1.29 is 23.9 Å². The van der Waals surface area contributed by atoms with Crippen LogP contribution >= 0.6 is 0 Å². The number of nitrogens with zero attached hydrogens (tertiary/aromatic N) is 1. The van der Waals surface area contributed by atoms with Crippen molar-refractivity contribution in [3.8, 4) is 0 Å². The van der Waals surface area contributed by atoms with Crippen molar-refractivity contribution in [1.29, 1.82) is 0 Å². The lowest BCUT2D eigenvalue weighted by atomic mass is 10.1. The van der Waals surface area contributed by atoms with Crippen molar-refractivity contribution in [3.63, 3.8) is 0 Å². The summed E-state index contributed by atoms with van der Waals surface area (Å²) in [5, 5.41) is 5.32. The molecule has 8 heteroatoms. The second-order valence-corrected chi connectivity index (χ2v) is 7.05. The van der Waals surface area contributed by atoms with Gasteiger partial charge in [-0.15, -0.1) is 0 Å². The van der Waals surface area contributed by atoms with Crippen LogP contribution in [0.4, 0.5) is 11.4 Å². The lowest BCUT2D eigenvalue weighted by Crippen LogP contribution is -2.44. The van der Waals surface area contributed by atoms with Gasteiger partial charge in [0.1, 0.15) is 6.04 Å². The molecule has 156 valence electrons. The summed E-state index contributed by atoms with van der Waals surface area (Å²) < 4.78 is 5.14. The van der Waals surface area contributed by atoms with E-state index in [0.717, 1.165) is 0 Å². The molecule has 3 amide bonds. The molecule has 30 heavy (non-hydrogen) atoms. The summed E-state index contributed by atoms with van der Waals surface area (Å²) >= 11 is 0. The molecule has 2 aromatic rings. The summed E-state index contributed by atoms with van der Waals surface area (Å²) in [5.74, 6) is -1.79. The number of rotatable bonds is 5. The summed E-state index contributed by atoms with van der Waals surface area (Å²) in [6.45, 7) is 2.74. The van der Waals surface area contributed by atoms with Crippen LogP contribution in [0, 0.1) is 0 Å². The fraction of sp³-hybridized carbons (Fsp3) is 0.273. The first-order chi connectivity index (χ1) is 14.4. The van der Waals surface area contributed by atoms with E-state index in [-0.39, 0.29) is 12.3 Å². The number of amides is 3. The van der Waals surface area contributed by atoms with Gasteiger partial charge in [0.2, 0.25) is 5.91 Å². The predicted molar refractivity (Wildman–Crippen MR) is 111 cm³/mol. The minimum atomic E-state index is -0.928. The Balaban J connectivity index is 1.62. The van der Waals surface area contributed by atoms with Crippen LogP contribution in [-0.4, -0.2) is 42.4 Å². The highest BCUT2D eigenvalue weighted by molar-refractivity contribution is 6.05. The van der Waals surface area contributed by atoms with E-state index in [1.807, 2.05) is 0 Å². The Morgan fingerprint density at radius 1 is 1.13 bits per heavy atom. The van der Waals surface area contributed by atoms with Gasteiger partial charge < -0.3 is 20.3 Å². The Hall–Kier alpha value is -3.68. The smallest absolute Gasteiger partial charge is 0.328 e. The lowest BCUT2D eigenvalue weighted by Gasteiger charge is -2.27. The summed E-state index contributed by atoms with van der Waals surface area (Å²) in [5.41, 5.74) is 1.48. The highest BCUT2D eigenvalue weighted by Gasteiger charge is 2.30. The van der Waals surface area contributed by atoms with E-state index in [9.17, 15) is 19.2 Å². The fourth-order valence-electron chi connectivity index (χ4n) is 3.22. The molecule has 0 saturated heterocycles. The second-order valence-electron chi connectivity index (χ2n) is 7.05. The van der Waals surface area contributed by atoms with Crippen molar-refractivity contribution >= 4 is 35.1 Å². The molecule has 1 aliphatic heterocycles. The molecule has 2 aromatic carbocycles. The average molecular weight is 409 g/mol. The van der Waals surface area contributed by atoms with E-state index in [4.69, 9.17) is 4.74 Å². The molecule has 0 aromatic heterocycles. The Labute approximate surface area is 174 Å². The normalized spacial score (nSPS) is 16.5. The molecule has 1 heterocycles. The molecule has 0 bridgehead atoms. The Kier molecular flexibility index (Phi) is 6.46. The van der Waals surface area contributed by atoms with Gasteiger partial charge >= 0.3 is 5.97 Å². The van der Waals surface area contributed by atoms with Gasteiger partial charge in [0.15, 0.2) is 6.61 Å². The summed E-state index contributed by atoms with van der Waals surface area (Å²) in [6, 6.07) is 14.1. The lowest BCUT2D eigenvalue weighted by molar-refractivity contribution is -0.149. The van der Waals surface area contributed by atoms with Gasteiger partial charge in [-0.05, 0) is 38.1 Å². The average Bonchev–Trinajstić information content (AvgIpc) is 2.86. The Morgan fingerprint density at radius 2 is 1.80 bits per heavy atom. The van der Waals surface area contributed by atoms with E-state index < -0.39 is 36.5 Å². The molecule has 0 spiro atoms. The van der Waals surface area contributed by atoms with Crippen LogP contribution in [0.2, 0.25) is 0 Å². The van der Waals surface area contributed by atoms with E-state index >= 15 is 0 Å². The number of carbonyl (C=O) groups excluding carboxylic acids is 4. The maximum atomic E-state index is 12.8. The zero-order valence-corrected chi connectivity index (χ0v) is 16.8. The van der Waals surface area contributed by atoms with Crippen LogP contribution in [-0.2, 0) is 19.1 Å². The topological polar surface area (TPSA) is 105 Å². The highest BCUT2D eigenvalue weighted by atomic mass is 16.5. The van der Waals surface area contributed by atoms with Crippen molar-refractivity contribution in [2.24, 2.45) is 0 Å². The third-order valence-corrected chi connectivity index (χ3v) is 4.70. The third kappa shape index (κ3) is 4.83. The summed E-state index contributed by atoms with van der Waals surface area (Å²) in [4.78, 5) is 50.7. The fourth-order valence-corrected chi connectivity index (χ4v) is 3.22. The van der Waals surface area contributed by atoms with E-state index in [0.29, 0.717) is 16.9 Å². The summed E-state index contributed by atoms with van der Waals surface area (Å²) in [6.07, 6.45) is 0.123. The zero-order chi connectivity index (χ0) is 21.7. The number of carbonyl (C=O) groups is 4. The first kappa shape index (κ1) is 21.0. The number of ether oxygens (including phenoxy) is 1. The molecule has 0 fully saturated rings. The highest BCUT2D eigenvalue weighted by Crippen LogP contribution is 2.31. The number of esters is 1. The van der Waals surface area contributed by atoms with Gasteiger partial charge in [-0.3, -0.25) is 14.4 Å². The SMILES string of the molecule is CC1CC(=O)Nc2ccccc2N1C(=O)COC(=O)[C@H](C)NC(=O)c1ccccc1. The third-order valence-electron chi connectivity index (χ3n) is 4.70. The number of hydrogen-bond donors (Lipinski definition) is 2. The summed E-state index contributed by atoms with van der Waals surface area (Å²) in [7, 11) is 0. The second kappa shape index (κ2) is 9.21. The first-order valence-corrected chi connectivity index (χ1v) is 9.60. The number of nitrogens with one attached hydrogen (secondary N) is 2. The van der Waals surface area contributed by atoms with Crippen molar-refractivity contribution in [2.75, 3.05) is 16.8 Å². The molecule has 1 unspecified atom stereocenters. The van der Waals surface area contributed by atoms with Crippen molar-refractivity contribution in [2.45, 2.75) is 32.4 Å². The predicted octanol–water partition coefficient (Wildman–Crippen LogP) is 2.11. The number of hydrogen-bond acceptors (Lipinski definition) is 5. The van der Waals surface area contributed by atoms with Gasteiger partial charge in [-0.25, -0.2) is 4.79 Å². The molecule has 2 atom stereocenters. The molecule has 2 N–H and O–H groups in total. The monoisotopic (exact) mass is 409 g/mol. The van der Waals surface area contributed by atoms with Crippen LogP contribution in [0.15, 0.2) is 54.6 Å². The maximum absolute atomic E-state index is 12.8. The standard InChI is InChI=1S/C22H23N3O5/c1-14-12-19(26)24-17-10-6-7-11-18(17)25(14)20(27)13-30-22(29)15(2)23-21(28)16-8-4-3-5-9-16/h3-11,14-15H,12-13H2,1-2H3,(H,23,28)(H,24,26)/t14?,15-/m0/s1. The molecule has 0 saturated carbocycles. The molecule has 0 aliphatic carbocycles. The van der Waals surface area contributed by atoms with Crippen LogP contribution in [0.1, 0.15) is 30.6 Å². The van der Waals surface area contributed by atoms with Gasteiger partial charge in [-0.1, -0.05) is 30.3 Å². The first-order valence-electron chi connectivity index (χ1n) is 9.60. The molecular weight excluding hydrogens is 386 g/mol. The molecular formula is C22H23N3O5. The van der Waals surface area contributed by atoms with Gasteiger partial charge in [-0.2, -0.15) is 0 Å². The number of benzene rings is 2. The molecule has 0 radical (unpaired) electrons. The van der Waals surface area contributed by atoms with Gasteiger partial charge in [0, 0.05) is 18.0 Å². The van der Waals surface area contributed by atoms with Crippen LogP contribution in [0.3, 0.4) is 0 Å².